The molecule has 0 aromatic heterocycles. The number of nitrogens with zero attached hydrogens (tertiary/aromatic N) is 1. The molecular formula is C18H28N2O. The molecule has 2 unspecified atom stereocenters. The highest BCUT2D eigenvalue weighted by Crippen LogP contribution is 2.31. The summed E-state index contributed by atoms with van der Waals surface area (Å²) in [6.45, 7) is 5.45. The van der Waals surface area contributed by atoms with Crippen LogP contribution in [0.1, 0.15) is 44.6 Å². The van der Waals surface area contributed by atoms with E-state index in [0.717, 1.165) is 25.6 Å². The summed E-state index contributed by atoms with van der Waals surface area (Å²) in [6.07, 6.45) is 6.99. The van der Waals surface area contributed by atoms with Crippen molar-refractivity contribution in [1.29, 1.82) is 0 Å². The molecule has 0 radical (unpaired) electrons. The fraction of sp³-hybridized carbons (Fsp3) is 0.667. The van der Waals surface area contributed by atoms with Gasteiger partial charge >= 0.3 is 0 Å². The van der Waals surface area contributed by atoms with E-state index in [-0.39, 0.29) is 0 Å². The molecule has 3 nitrogen and oxygen atoms in total. The molecule has 2 N–H and O–H groups in total. The number of aromatic hydroxyl groups is 1. The molecule has 21 heavy (non-hydrogen) atoms. The minimum absolute atomic E-state index is 0.380. The number of hydrogen-bond donors (Lipinski definition) is 2. The molecule has 1 aliphatic carbocycles. The molecular weight excluding hydrogens is 260 g/mol. The van der Waals surface area contributed by atoms with Gasteiger partial charge in [0.25, 0.3) is 0 Å². The Hall–Kier alpha value is -1.06. The zero-order valence-corrected chi connectivity index (χ0v) is 13.1. The number of benzene rings is 1. The van der Waals surface area contributed by atoms with E-state index in [2.05, 4.69) is 23.2 Å². The van der Waals surface area contributed by atoms with E-state index in [0.29, 0.717) is 17.8 Å². The summed E-state index contributed by atoms with van der Waals surface area (Å²) in [5.41, 5.74) is 1.23. The zero-order valence-electron chi connectivity index (χ0n) is 13.1. The first-order valence-electron chi connectivity index (χ1n) is 8.48. The van der Waals surface area contributed by atoms with Gasteiger partial charge < -0.3 is 10.4 Å². The van der Waals surface area contributed by atoms with E-state index in [9.17, 15) is 5.11 Å². The van der Waals surface area contributed by atoms with Gasteiger partial charge in [-0.3, -0.25) is 4.90 Å². The van der Waals surface area contributed by atoms with Crippen molar-refractivity contribution in [2.24, 2.45) is 5.92 Å². The van der Waals surface area contributed by atoms with Crippen molar-refractivity contribution in [2.45, 2.75) is 57.7 Å². The Morgan fingerprint density at radius 2 is 2.05 bits per heavy atom. The first kappa shape index (κ1) is 14.9. The number of hydrogen-bond acceptors (Lipinski definition) is 3. The highest BCUT2D eigenvalue weighted by atomic mass is 16.3. The fourth-order valence-corrected chi connectivity index (χ4v) is 4.06. The highest BCUT2D eigenvalue weighted by molar-refractivity contribution is 5.27. The van der Waals surface area contributed by atoms with Gasteiger partial charge in [0, 0.05) is 31.7 Å². The van der Waals surface area contributed by atoms with E-state index in [4.69, 9.17) is 0 Å². The maximum Gasteiger partial charge on any atom is 0.115 e. The molecule has 1 saturated heterocycles. The molecule has 3 rings (SSSR count). The van der Waals surface area contributed by atoms with Crippen LogP contribution in [0.25, 0.3) is 0 Å². The number of piperazine rings is 1. The first-order valence-corrected chi connectivity index (χ1v) is 8.48. The third-order valence-corrected chi connectivity index (χ3v) is 5.14. The van der Waals surface area contributed by atoms with Crippen molar-refractivity contribution in [1.82, 2.24) is 10.2 Å². The van der Waals surface area contributed by atoms with Gasteiger partial charge in [-0.05, 0) is 43.4 Å². The molecule has 3 heteroatoms. The molecule has 116 valence electrons. The van der Waals surface area contributed by atoms with Gasteiger partial charge in [0.2, 0.25) is 0 Å². The molecule has 1 aliphatic heterocycles. The lowest BCUT2D eigenvalue weighted by Crippen LogP contribution is -2.57. The van der Waals surface area contributed by atoms with Crippen molar-refractivity contribution in [3.05, 3.63) is 29.8 Å². The van der Waals surface area contributed by atoms with Gasteiger partial charge in [-0.1, -0.05) is 31.4 Å². The third-order valence-electron chi connectivity index (χ3n) is 5.14. The smallest absolute Gasteiger partial charge is 0.115 e. The Morgan fingerprint density at radius 1 is 1.24 bits per heavy atom. The summed E-state index contributed by atoms with van der Waals surface area (Å²) >= 11 is 0. The van der Waals surface area contributed by atoms with Crippen LogP contribution in [0.4, 0.5) is 0 Å². The maximum absolute atomic E-state index is 9.68. The average molecular weight is 288 g/mol. The standard InChI is InChI=1S/C18H28N2O/c1-14-12-20(13-15-6-5-9-17(21)10-15)18(11-19-14)16-7-3-2-4-8-16/h5-6,9-10,14,16,18-19,21H,2-4,7-8,11-13H2,1H3. The lowest BCUT2D eigenvalue weighted by Gasteiger charge is -2.44. The lowest BCUT2D eigenvalue weighted by atomic mass is 9.82. The maximum atomic E-state index is 9.68. The molecule has 1 saturated carbocycles. The van der Waals surface area contributed by atoms with Crippen LogP contribution in [0.15, 0.2) is 24.3 Å². The molecule has 2 aliphatic rings. The number of phenolic OH excluding ortho intramolecular Hbond substituents is 1. The fourth-order valence-electron chi connectivity index (χ4n) is 4.06. The molecule has 2 atom stereocenters. The van der Waals surface area contributed by atoms with E-state index < -0.39 is 0 Å². The van der Waals surface area contributed by atoms with Crippen LogP contribution < -0.4 is 5.32 Å². The van der Waals surface area contributed by atoms with Crippen LogP contribution in [-0.4, -0.2) is 35.2 Å². The van der Waals surface area contributed by atoms with Gasteiger partial charge in [0.05, 0.1) is 0 Å². The predicted molar refractivity (Wildman–Crippen MR) is 86.3 cm³/mol. The summed E-state index contributed by atoms with van der Waals surface area (Å²) in [7, 11) is 0. The Labute approximate surface area is 128 Å². The number of nitrogens with one attached hydrogen (secondary N) is 1. The van der Waals surface area contributed by atoms with Gasteiger partial charge in [-0.15, -0.1) is 0 Å². The minimum atomic E-state index is 0.380. The Kier molecular flexibility index (Phi) is 4.81. The predicted octanol–water partition coefficient (Wildman–Crippen LogP) is 3.13. The van der Waals surface area contributed by atoms with Crippen molar-refractivity contribution in [2.75, 3.05) is 13.1 Å². The molecule has 1 heterocycles. The largest absolute Gasteiger partial charge is 0.508 e. The third kappa shape index (κ3) is 3.78. The van der Waals surface area contributed by atoms with Crippen LogP contribution in [0.5, 0.6) is 5.75 Å². The summed E-state index contributed by atoms with van der Waals surface area (Å²) in [5.74, 6) is 1.22. The SMILES string of the molecule is CC1CN(Cc2cccc(O)c2)C(C2CCCCC2)CN1. The summed E-state index contributed by atoms with van der Waals surface area (Å²) in [5, 5.41) is 13.3. The van der Waals surface area contributed by atoms with Gasteiger partial charge in [-0.2, -0.15) is 0 Å². The van der Waals surface area contributed by atoms with Crippen molar-refractivity contribution in [3.63, 3.8) is 0 Å². The molecule has 1 aromatic carbocycles. The number of rotatable bonds is 3. The Balaban J connectivity index is 1.71. The Morgan fingerprint density at radius 3 is 2.81 bits per heavy atom. The van der Waals surface area contributed by atoms with Crippen LogP contribution >= 0.6 is 0 Å². The molecule has 0 amide bonds. The van der Waals surface area contributed by atoms with E-state index >= 15 is 0 Å². The van der Waals surface area contributed by atoms with Gasteiger partial charge in [0.15, 0.2) is 0 Å². The number of phenols is 1. The monoisotopic (exact) mass is 288 g/mol. The second kappa shape index (κ2) is 6.80. The highest BCUT2D eigenvalue weighted by Gasteiger charge is 2.32. The van der Waals surface area contributed by atoms with Crippen molar-refractivity contribution < 1.29 is 5.11 Å². The quantitative estimate of drug-likeness (QED) is 0.897. The van der Waals surface area contributed by atoms with Crippen LogP contribution in [0.2, 0.25) is 0 Å². The second-order valence-electron chi connectivity index (χ2n) is 6.87. The lowest BCUT2D eigenvalue weighted by molar-refractivity contribution is 0.0688. The zero-order chi connectivity index (χ0) is 14.7. The van der Waals surface area contributed by atoms with Crippen molar-refractivity contribution in [3.8, 4) is 5.75 Å². The first-order chi connectivity index (χ1) is 10.2. The van der Waals surface area contributed by atoms with E-state index in [1.165, 1.54) is 37.7 Å². The molecule has 0 bridgehead atoms. The topological polar surface area (TPSA) is 35.5 Å². The summed E-state index contributed by atoms with van der Waals surface area (Å²) in [4.78, 5) is 2.64. The van der Waals surface area contributed by atoms with Crippen molar-refractivity contribution >= 4 is 0 Å². The minimum Gasteiger partial charge on any atom is -0.508 e. The molecule has 1 aromatic rings. The van der Waals surface area contributed by atoms with Gasteiger partial charge in [0.1, 0.15) is 5.75 Å². The van der Waals surface area contributed by atoms with E-state index in [1.54, 1.807) is 6.07 Å². The van der Waals surface area contributed by atoms with E-state index in [1.807, 2.05) is 12.1 Å². The second-order valence-corrected chi connectivity index (χ2v) is 6.87. The summed E-state index contributed by atoms with van der Waals surface area (Å²) < 4.78 is 0. The normalized spacial score (nSPS) is 28.6. The van der Waals surface area contributed by atoms with Crippen LogP contribution in [0, 0.1) is 5.92 Å². The van der Waals surface area contributed by atoms with Gasteiger partial charge in [-0.25, -0.2) is 0 Å². The summed E-state index contributed by atoms with van der Waals surface area (Å²) in [6, 6.07) is 8.95. The Bertz CT molecular complexity index is 456. The average Bonchev–Trinajstić information content (AvgIpc) is 2.48. The van der Waals surface area contributed by atoms with Crippen LogP contribution in [-0.2, 0) is 6.54 Å². The van der Waals surface area contributed by atoms with Crippen LogP contribution in [0.3, 0.4) is 0 Å². The molecule has 2 fully saturated rings. The molecule has 0 spiro atoms.